The normalized spacial score (nSPS) is 14.6. The van der Waals surface area contributed by atoms with E-state index in [-0.39, 0.29) is 17.5 Å². The molecule has 1 amide bonds. The maximum Gasteiger partial charge on any atom is 0.257 e. The van der Waals surface area contributed by atoms with Gasteiger partial charge in [-0.2, -0.15) is 5.10 Å². The van der Waals surface area contributed by atoms with Crippen molar-refractivity contribution in [1.29, 1.82) is 0 Å². The minimum Gasteiger partial charge on any atom is -0.354 e. The van der Waals surface area contributed by atoms with Crippen LogP contribution in [0, 0.1) is 12.7 Å². The zero-order valence-corrected chi connectivity index (χ0v) is 20.5. The van der Waals surface area contributed by atoms with Gasteiger partial charge in [-0.1, -0.05) is 37.3 Å². The van der Waals surface area contributed by atoms with Gasteiger partial charge in [0.05, 0.1) is 23.5 Å². The van der Waals surface area contributed by atoms with E-state index in [9.17, 15) is 9.18 Å². The van der Waals surface area contributed by atoms with Crippen molar-refractivity contribution in [3.05, 3.63) is 77.2 Å². The standard InChI is InChI=1S/C27H34FN5O/c1-5-30-15-17-31(18-16-30)26-24(21(4)29-33(26)22-11-7-6-8-12-22)19-32(20(2)3)27(34)23-13-9-10-14-25(23)28/h6-14,20H,5,15-19H2,1-4H3. The van der Waals surface area contributed by atoms with Crippen LogP contribution < -0.4 is 4.90 Å². The molecule has 3 aromatic rings. The van der Waals surface area contributed by atoms with Gasteiger partial charge in [0.25, 0.3) is 5.91 Å². The van der Waals surface area contributed by atoms with Crippen LogP contribution in [0.25, 0.3) is 5.69 Å². The highest BCUT2D eigenvalue weighted by molar-refractivity contribution is 5.94. The molecule has 2 heterocycles. The summed E-state index contributed by atoms with van der Waals surface area (Å²) in [6.45, 7) is 13.3. The Labute approximate surface area is 201 Å². The van der Waals surface area contributed by atoms with Crippen molar-refractivity contribution in [2.45, 2.75) is 40.3 Å². The number of aryl methyl sites for hydroxylation is 1. The first kappa shape index (κ1) is 24.0. The van der Waals surface area contributed by atoms with E-state index < -0.39 is 5.82 Å². The summed E-state index contributed by atoms with van der Waals surface area (Å²) in [4.78, 5) is 20.0. The van der Waals surface area contributed by atoms with E-state index in [1.807, 2.05) is 55.8 Å². The van der Waals surface area contributed by atoms with Crippen molar-refractivity contribution in [2.75, 3.05) is 37.6 Å². The summed E-state index contributed by atoms with van der Waals surface area (Å²) in [5, 5.41) is 4.91. The third-order valence-electron chi connectivity index (χ3n) is 6.59. The number of amides is 1. The van der Waals surface area contributed by atoms with Gasteiger partial charge in [0, 0.05) is 37.8 Å². The van der Waals surface area contributed by atoms with Crippen LogP contribution in [-0.2, 0) is 6.54 Å². The number of nitrogens with zero attached hydrogens (tertiary/aromatic N) is 5. The Morgan fingerprint density at radius 1 is 1.03 bits per heavy atom. The number of hydrogen-bond donors (Lipinski definition) is 0. The van der Waals surface area contributed by atoms with Gasteiger partial charge < -0.3 is 14.7 Å². The fraction of sp³-hybridized carbons (Fsp3) is 0.407. The van der Waals surface area contributed by atoms with Gasteiger partial charge >= 0.3 is 0 Å². The smallest absolute Gasteiger partial charge is 0.257 e. The molecule has 0 aliphatic carbocycles. The number of likely N-dealkylation sites (N-methyl/N-ethyl adjacent to an activating group) is 1. The van der Waals surface area contributed by atoms with Gasteiger partial charge in [0.1, 0.15) is 11.6 Å². The molecule has 0 radical (unpaired) electrons. The van der Waals surface area contributed by atoms with E-state index >= 15 is 0 Å². The first-order valence-electron chi connectivity index (χ1n) is 12.1. The van der Waals surface area contributed by atoms with Crippen LogP contribution in [0.15, 0.2) is 54.6 Å². The SMILES string of the molecule is CCN1CCN(c2c(CN(C(=O)c3ccccc3F)C(C)C)c(C)nn2-c2ccccc2)CC1. The number of para-hydroxylation sites is 1. The quantitative estimate of drug-likeness (QED) is 0.517. The maximum absolute atomic E-state index is 14.5. The number of carbonyl (C=O) groups is 1. The summed E-state index contributed by atoms with van der Waals surface area (Å²) < 4.78 is 16.5. The molecule has 6 nitrogen and oxygen atoms in total. The zero-order valence-electron chi connectivity index (χ0n) is 20.5. The molecule has 0 spiro atoms. The van der Waals surface area contributed by atoms with Crippen molar-refractivity contribution in [1.82, 2.24) is 19.6 Å². The number of aromatic nitrogens is 2. The molecule has 2 aromatic carbocycles. The number of anilines is 1. The zero-order chi connectivity index (χ0) is 24.2. The number of hydrogen-bond acceptors (Lipinski definition) is 4. The predicted octanol–water partition coefficient (Wildman–Crippen LogP) is 4.51. The summed E-state index contributed by atoms with van der Waals surface area (Å²) in [5.41, 5.74) is 2.97. The monoisotopic (exact) mass is 463 g/mol. The Kier molecular flexibility index (Phi) is 7.32. The third kappa shape index (κ3) is 4.85. The van der Waals surface area contributed by atoms with Gasteiger partial charge in [-0.3, -0.25) is 4.79 Å². The Morgan fingerprint density at radius 2 is 1.68 bits per heavy atom. The van der Waals surface area contributed by atoms with E-state index in [4.69, 9.17) is 5.10 Å². The maximum atomic E-state index is 14.5. The lowest BCUT2D eigenvalue weighted by Gasteiger charge is -2.36. The van der Waals surface area contributed by atoms with Gasteiger partial charge in [-0.25, -0.2) is 9.07 Å². The molecule has 7 heteroatoms. The van der Waals surface area contributed by atoms with Crippen LogP contribution >= 0.6 is 0 Å². The average Bonchev–Trinajstić information content (AvgIpc) is 3.18. The molecule has 1 aliphatic rings. The van der Waals surface area contributed by atoms with E-state index in [0.717, 1.165) is 55.5 Å². The summed E-state index contributed by atoms with van der Waals surface area (Å²) in [6.07, 6.45) is 0. The fourth-order valence-electron chi connectivity index (χ4n) is 4.53. The lowest BCUT2D eigenvalue weighted by atomic mass is 10.1. The molecule has 0 saturated carbocycles. The van der Waals surface area contributed by atoms with Gasteiger partial charge in [-0.15, -0.1) is 0 Å². The molecule has 0 atom stereocenters. The molecular weight excluding hydrogens is 429 g/mol. The first-order chi connectivity index (χ1) is 16.4. The highest BCUT2D eigenvalue weighted by Gasteiger charge is 2.29. The number of piperazine rings is 1. The lowest BCUT2D eigenvalue weighted by molar-refractivity contribution is 0.0685. The average molecular weight is 464 g/mol. The minimum atomic E-state index is -0.495. The highest BCUT2D eigenvalue weighted by Crippen LogP contribution is 2.30. The molecular formula is C27H34FN5O. The van der Waals surface area contributed by atoms with Crippen LogP contribution in [0.3, 0.4) is 0 Å². The third-order valence-corrected chi connectivity index (χ3v) is 6.59. The van der Waals surface area contributed by atoms with Crippen LogP contribution in [0.5, 0.6) is 0 Å². The number of benzene rings is 2. The molecule has 180 valence electrons. The molecule has 0 unspecified atom stereocenters. The van der Waals surface area contributed by atoms with Crippen molar-refractivity contribution in [3.8, 4) is 5.69 Å². The number of rotatable bonds is 7. The van der Waals surface area contributed by atoms with Gasteiger partial charge in [-0.05, 0) is 51.6 Å². The molecule has 0 N–H and O–H groups in total. The topological polar surface area (TPSA) is 44.6 Å². The molecule has 0 bridgehead atoms. The minimum absolute atomic E-state index is 0.0995. The largest absolute Gasteiger partial charge is 0.354 e. The van der Waals surface area contributed by atoms with E-state index in [0.29, 0.717) is 6.54 Å². The fourth-order valence-corrected chi connectivity index (χ4v) is 4.53. The van der Waals surface area contributed by atoms with Crippen LogP contribution in [-0.4, -0.2) is 64.3 Å². The van der Waals surface area contributed by atoms with Crippen molar-refractivity contribution in [2.24, 2.45) is 0 Å². The van der Waals surface area contributed by atoms with Crippen LogP contribution in [0.2, 0.25) is 0 Å². The van der Waals surface area contributed by atoms with E-state index in [1.54, 1.807) is 23.1 Å². The Balaban J connectivity index is 1.75. The molecule has 4 rings (SSSR count). The molecule has 1 aliphatic heterocycles. The molecule has 1 aromatic heterocycles. The number of carbonyl (C=O) groups excluding carboxylic acids is 1. The van der Waals surface area contributed by atoms with E-state index in [2.05, 4.69) is 16.7 Å². The van der Waals surface area contributed by atoms with E-state index in [1.165, 1.54) is 6.07 Å². The second kappa shape index (κ2) is 10.4. The van der Waals surface area contributed by atoms with Gasteiger partial charge in [0.2, 0.25) is 0 Å². The van der Waals surface area contributed by atoms with Crippen LogP contribution in [0.1, 0.15) is 42.4 Å². The van der Waals surface area contributed by atoms with Gasteiger partial charge in [0.15, 0.2) is 0 Å². The second-order valence-corrected chi connectivity index (χ2v) is 9.06. The number of halogens is 1. The predicted molar refractivity (Wildman–Crippen MR) is 134 cm³/mol. The van der Waals surface area contributed by atoms with Crippen LogP contribution in [0.4, 0.5) is 10.2 Å². The first-order valence-corrected chi connectivity index (χ1v) is 12.1. The summed E-state index contributed by atoms with van der Waals surface area (Å²) >= 11 is 0. The summed E-state index contributed by atoms with van der Waals surface area (Å²) in [7, 11) is 0. The van der Waals surface area contributed by atoms with Crippen molar-refractivity contribution < 1.29 is 9.18 Å². The molecule has 34 heavy (non-hydrogen) atoms. The van der Waals surface area contributed by atoms with Crippen molar-refractivity contribution in [3.63, 3.8) is 0 Å². The lowest BCUT2D eigenvalue weighted by Crippen LogP contribution is -2.47. The molecule has 1 saturated heterocycles. The Hall–Kier alpha value is -3.19. The molecule has 1 fully saturated rings. The summed E-state index contributed by atoms with van der Waals surface area (Å²) in [6, 6.07) is 16.2. The summed E-state index contributed by atoms with van der Waals surface area (Å²) in [5.74, 6) is 0.221. The van der Waals surface area contributed by atoms with Crippen molar-refractivity contribution >= 4 is 11.7 Å². The Bertz CT molecular complexity index is 1120. The highest BCUT2D eigenvalue weighted by atomic mass is 19.1. The second-order valence-electron chi connectivity index (χ2n) is 9.06. The Morgan fingerprint density at radius 3 is 2.29 bits per heavy atom.